The van der Waals surface area contributed by atoms with E-state index < -0.39 is 5.97 Å². The van der Waals surface area contributed by atoms with Gasteiger partial charge in [-0.3, -0.25) is 0 Å². The van der Waals surface area contributed by atoms with E-state index in [1.165, 1.54) is 0 Å². The molecular formula is C11H9NO2S. The van der Waals surface area contributed by atoms with Crippen molar-refractivity contribution in [3.05, 3.63) is 35.9 Å². The summed E-state index contributed by atoms with van der Waals surface area (Å²) in [7, 11) is 0. The Labute approximate surface area is 91.9 Å². The van der Waals surface area contributed by atoms with E-state index in [0.717, 1.165) is 5.39 Å². The molecule has 2 aromatic carbocycles. The van der Waals surface area contributed by atoms with Crippen LogP contribution in [0, 0.1) is 0 Å². The molecule has 0 aliphatic rings. The molecule has 15 heavy (non-hydrogen) atoms. The van der Waals surface area contributed by atoms with Crippen LogP contribution < -0.4 is 5.73 Å². The minimum absolute atomic E-state index is 0.161. The molecule has 0 heterocycles. The highest BCUT2D eigenvalue weighted by Crippen LogP contribution is 2.30. The molecule has 0 aliphatic heterocycles. The number of benzene rings is 2. The lowest BCUT2D eigenvalue weighted by Gasteiger charge is -2.08. The van der Waals surface area contributed by atoms with Crippen molar-refractivity contribution in [1.29, 1.82) is 0 Å². The molecule has 0 radical (unpaired) electrons. The minimum atomic E-state index is -1.01. The Hall–Kier alpha value is -1.68. The molecule has 0 aliphatic carbocycles. The summed E-state index contributed by atoms with van der Waals surface area (Å²) in [5, 5.41) is 10.6. The second-order valence-corrected chi connectivity index (χ2v) is 3.66. The van der Waals surface area contributed by atoms with Gasteiger partial charge in [0, 0.05) is 10.6 Å². The van der Waals surface area contributed by atoms with E-state index in [1.54, 1.807) is 18.2 Å². The molecular weight excluding hydrogens is 210 g/mol. The average Bonchev–Trinajstić information content (AvgIpc) is 2.19. The topological polar surface area (TPSA) is 63.3 Å². The Morgan fingerprint density at radius 1 is 1.33 bits per heavy atom. The third-order valence-electron chi connectivity index (χ3n) is 2.27. The fraction of sp³-hybridized carbons (Fsp3) is 0. The first-order valence-corrected chi connectivity index (χ1v) is 4.79. The predicted octanol–water partition coefficient (Wildman–Crippen LogP) is 2.41. The van der Waals surface area contributed by atoms with E-state index in [2.05, 4.69) is 12.6 Å². The molecule has 0 bridgehead atoms. The lowest BCUT2D eigenvalue weighted by molar-refractivity contribution is 0.0695. The number of thiol groups is 1. The number of anilines is 1. The molecule has 0 unspecified atom stereocenters. The summed E-state index contributed by atoms with van der Waals surface area (Å²) in [6, 6.07) is 8.93. The van der Waals surface area contributed by atoms with Crippen LogP contribution in [-0.2, 0) is 0 Å². The number of nitrogens with two attached hydrogens (primary N) is 1. The van der Waals surface area contributed by atoms with Crippen molar-refractivity contribution in [2.45, 2.75) is 4.90 Å². The van der Waals surface area contributed by atoms with E-state index >= 15 is 0 Å². The fourth-order valence-electron chi connectivity index (χ4n) is 1.57. The van der Waals surface area contributed by atoms with E-state index in [1.807, 2.05) is 12.1 Å². The normalized spacial score (nSPS) is 10.5. The van der Waals surface area contributed by atoms with E-state index in [-0.39, 0.29) is 5.56 Å². The predicted molar refractivity (Wildman–Crippen MR) is 62.6 cm³/mol. The zero-order chi connectivity index (χ0) is 11.0. The van der Waals surface area contributed by atoms with Gasteiger partial charge in [-0.1, -0.05) is 24.3 Å². The number of fused-ring (bicyclic) bond motifs is 1. The highest BCUT2D eigenvalue weighted by molar-refractivity contribution is 7.80. The summed E-state index contributed by atoms with van der Waals surface area (Å²) < 4.78 is 0. The maximum absolute atomic E-state index is 11.1. The van der Waals surface area contributed by atoms with Gasteiger partial charge in [-0.2, -0.15) is 0 Å². The molecule has 3 N–H and O–H groups in total. The summed E-state index contributed by atoms with van der Waals surface area (Å²) in [6.45, 7) is 0. The van der Waals surface area contributed by atoms with Crippen molar-refractivity contribution in [3.63, 3.8) is 0 Å². The maximum atomic E-state index is 11.1. The number of carboxylic acid groups (broad SMARTS) is 1. The zero-order valence-corrected chi connectivity index (χ0v) is 8.66. The molecule has 0 saturated carbocycles. The van der Waals surface area contributed by atoms with Crippen molar-refractivity contribution in [2.75, 3.05) is 5.73 Å². The molecule has 0 amide bonds. The van der Waals surface area contributed by atoms with Gasteiger partial charge in [-0.05, 0) is 16.8 Å². The zero-order valence-electron chi connectivity index (χ0n) is 7.77. The van der Waals surface area contributed by atoms with Gasteiger partial charge in [0.15, 0.2) is 0 Å². The fourth-order valence-corrected chi connectivity index (χ4v) is 1.86. The van der Waals surface area contributed by atoms with Crippen LogP contribution in [0.25, 0.3) is 10.8 Å². The van der Waals surface area contributed by atoms with Crippen molar-refractivity contribution in [1.82, 2.24) is 0 Å². The first-order chi connectivity index (χ1) is 7.11. The number of hydrogen-bond donors (Lipinski definition) is 3. The van der Waals surface area contributed by atoms with Gasteiger partial charge in [0.1, 0.15) is 0 Å². The standard InChI is InChI=1S/C11H9NO2S/c12-8-5-6-3-1-2-4-7(6)9(10(8)15)11(13)14/h1-5,15H,12H2,(H,13,14). The van der Waals surface area contributed by atoms with Crippen molar-refractivity contribution < 1.29 is 9.90 Å². The van der Waals surface area contributed by atoms with Crippen LogP contribution in [0.2, 0.25) is 0 Å². The van der Waals surface area contributed by atoms with Crippen LogP contribution in [0.1, 0.15) is 10.4 Å². The first-order valence-electron chi connectivity index (χ1n) is 4.34. The Kier molecular flexibility index (Phi) is 2.28. The van der Waals surface area contributed by atoms with Crippen molar-refractivity contribution in [2.24, 2.45) is 0 Å². The van der Waals surface area contributed by atoms with Crippen LogP contribution in [0.5, 0.6) is 0 Å². The van der Waals surface area contributed by atoms with Gasteiger partial charge >= 0.3 is 5.97 Å². The maximum Gasteiger partial charge on any atom is 0.337 e. The number of carboxylic acids is 1. The number of rotatable bonds is 1. The summed E-state index contributed by atoms with van der Waals surface area (Å²) in [5.74, 6) is -1.01. The smallest absolute Gasteiger partial charge is 0.337 e. The Morgan fingerprint density at radius 2 is 2.00 bits per heavy atom. The largest absolute Gasteiger partial charge is 0.478 e. The highest BCUT2D eigenvalue weighted by atomic mass is 32.1. The van der Waals surface area contributed by atoms with Crippen LogP contribution >= 0.6 is 12.6 Å². The van der Waals surface area contributed by atoms with Gasteiger partial charge in [-0.15, -0.1) is 12.6 Å². The van der Waals surface area contributed by atoms with Crippen molar-refractivity contribution in [3.8, 4) is 0 Å². The summed E-state index contributed by atoms with van der Waals surface area (Å²) in [5.41, 5.74) is 6.23. The van der Waals surface area contributed by atoms with Crippen LogP contribution in [0.4, 0.5) is 5.69 Å². The molecule has 3 nitrogen and oxygen atoms in total. The number of hydrogen-bond acceptors (Lipinski definition) is 3. The van der Waals surface area contributed by atoms with Crippen LogP contribution in [-0.4, -0.2) is 11.1 Å². The SMILES string of the molecule is Nc1cc2ccccc2c(C(=O)O)c1S. The Morgan fingerprint density at radius 3 is 2.67 bits per heavy atom. The number of carbonyl (C=O) groups is 1. The molecule has 0 aromatic heterocycles. The second-order valence-electron chi connectivity index (χ2n) is 3.22. The second kappa shape index (κ2) is 3.47. The highest BCUT2D eigenvalue weighted by Gasteiger charge is 2.14. The summed E-state index contributed by atoms with van der Waals surface area (Å²) in [4.78, 5) is 11.4. The van der Waals surface area contributed by atoms with Gasteiger partial charge < -0.3 is 10.8 Å². The monoisotopic (exact) mass is 219 g/mol. The summed E-state index contributed by atoms with van der Waals surface area (Å²) >= 11 is 4.12. The molecule has 76 valence electrons. The Balaban J connectivity index is 2.95. The molecule has 0 spiro atoms. The minimum Gasteiger partial charge on any atom is -0.478 e. The molecule has 2 aromatic rings. The van der Waals surface area contributed by atoms with Gasteiger partial charge in [-0.25, -0.2) is 4.79 Å². The lowest BCUT2D eigenvalue weighted by Crippen LogP contribution is -2.02. The molecule has 2 rings (SSSR count). The first kappa shape index (κ1) is 9.86. The molecule has 4 heteroatoms. The third kappa shape index (κ3) is 1.53. The van der Waals surface area contributed by atoms with Crippen LogP contribution in [0.3, 0.4) is 0 Å². The Bertz CT molecular complexity index is 552. The molecule has 0 atom stereocenters. The quantitative estimate of drug-likeness (QED) is 0.510. The van der Waals surface area contributed by atoms with E-state index in [0.29, 0.717) is 16.0 Å². The summed E-state index contributed by atoms with van der Waals surface area (Å²) in [6.07, 6.45) is 0. The van der Waals surface area contributed by atoms with E-state index in [9.17, 15) is 4.79 Å². The van der Waals surface area contributed by atoms with E-state index in [4.69, 9.17) is 10.8 Å². The van der Waals surface area contributed by atoms with Crippen molar-refractivity contribution >= 4 is 35.1 Å². The van der Waals surface area contributed by atoms with Crippen LogP contribution in [0.15, 0.2) is 35.2 Å². The lowest BCUT2D eigenvalue weighted by atomic mass is 10.0. The third-order valence-corrected chi connectivity index (χ3v) is 2.75. The average molecular weight is 219 g/mol. The molecule has 0 saturated heterocycles. The number of aromatic carboxylic acids is 1. The molecule has 0 fully saturated rings. The van der Waals surface area contributed by atoms with Gasteiger partial charge in [0.05, 0.1) is 5.56 Å². The van der Waals surface area contributed by atoms with Gasteiger partial charge in [0.25, 0.3) is 0 Å². The number of nitrogen functional groups attached to an aromatic ring is 1. The van der Waals surface area contributed by atoms with Gasteiger partial charge in [0.2, 0.25) is 0 Å².